The van der Waals surface area contributed by atoms with E-state index in [-0.39, 0.29) is 11.6 Å². The van der Waals surface area contributed by atoms with Crippen molar-refractivity contribution in [2.45, 2.75) is 100 Å². The zero-order valence-corrected chi connectivity index (χ0v) is 45.0. The lowest BCUT2D eigenvalue weighted by Gasteiger charge is -2.37. The number of hydrogen-bond donors (Lipinski definition) is 6. The number of carbonyl (C=O) groups excluding carboxylic acids is 1. The molecule has 0 radical (unpaired) electrons. The van der Waals surface area contributed by atoms with E-state index in [0.29, 0.717) is 28.1 Å². The summed E-state index contributed by atoms with van der Waals surface area (Å²) in [4.78, 5) is 38.2. The minimum Gasteiger partial charge on any atom is -0.497 e. The zero-order valence-electron chi connectivity index (χ0n) is 44.1. The fourth-order valence-electron chi connectivity index (χ4n) is 10.0. The molecule has 25 nitrogen and oxygen atoms in total. The molecule has 7 heterocycles. The van der Waals surface area contributed by atoms with Crippen LogP contribution in [0.25, 0.3) is 22.3 Å². The number of hydrogen-bond acceptors (Lipinski definition) is 22. The van der Waals surface area contributed by atoms with Crippen LogP contribution < -0.4 is 25.4 Å². The highest BCUT2D eigenvalue weighted by atomic mass is 31.2. The Hall–Kier alpha value is -7.52. The number of para-hydroxylation sites is 1. The number of nitrogen functional groups attached to an aromatic ring is 1. The lowest BCUT2D eigenvalue weighted by atomic mass is 9.77. The molecule has 26 heteroatoms. The Morgan fingerprint density at radius 3 is 1.85 bits per heavy atom. The van der Waals surface area contributed by atoms with Gasteiger partial charge in [-0.3, -0.25) is 18.5 Å². The molecular weight excluding hydrogens is 1060 g/mol. The average molecular weight is 1120 g/mol. The van der Waals surface area contributed by atoms with Gasteiger partial charge in [-0.05, 0) is 61.7 Å². The summed E-state index contributed by atoms with van der Waals surface area (Å²) < 4.78 is 67.8. The van der Waals surface area contributed by atoms with Crippen molar-refractivity contribution in [2.24, 2.45) is 0 Å². The molecule has 0 amide bonds. The average Bonchev–Trinajstić information content (AvgIpc) is 4.41. The highest BCUT2D eigenvalue weighted by Gasteiger charge is 2.56. The van der Waals surface area contributed by atoms with Crippen molar-refractivity contribution in [1.29, 1.82) is 0 Å². The van der Waals surface area contributed by atoms with Gasteiger partial charge >= 0.3 is 13.7 Å². The van der Waals surface area contributed by atoms with Crippen LogP contribution in [0, 0.1) is 0 Å². The molecule has 13 atom stereocenters. The molecule has 11 rings (SSSR count). The van der Waals surface area contributed by atoms with Crippen molar-refractivity contribution in [2.75, 3.05) is 32.4 Å². The molecule has 6 unspecified atom stereocenters. The van der Waals surface area contributed by atoms with Gasteiger partial charge in [-0.1, -0.05) is 91.0 Å². The van der Waals surface area contributed by atoms with E-state index in [4.69, 9.17) is 53.2 Å². The fraction of sp³-hybridized carbons (Fsp3) is 0.352. The standard InChI is InChI=1S/C33H33N5O6.C21H27N6O8P/c1-20(39)26-27-28(44-32(41-3)43-27)31(42-26)38-19-36-25-29(34-18-35-30(25)38)37-33(21-10-6-4-7-11-21,22-12-8-5-9-13-22)23-14-16-24(40-2)17-15-23;1-11(21(30)32-3)26-36(31,35-13-7-5-4-6-8-13)34-12(2)17-15(28)16(29)20(33-17)27-10-25-14-18(22)23-9-24-19(14)27/h4-20,26-28,31-32,39H,1-3H3,(H,34,35,37);4-12,15-17,20,28-29H,1-3H3,(H,26,31)(H2,22,23,24)/t20?,26?,27-,28-,31-,32?;11-,12?,15-,16+,17?,20+,36?/m10/s1. The van der Waals surface area contributed by atoms with Gasteiger partial charge in [0.25, 0.3) is 6.48 Å². The van der Waals surface area contributed by atoms with E-state index in [1.807, 2.05) is 48.5 Å². The number of benzene rings is 4. The summed E-state index contributed by atoms with van der Waals surface area (Å²) in [5, 5.41) is 38.2. The Morgan fingerprint density at radius 2 is 1.24 bits per heavy atom. The number of carbonyl (C=O) groups is 1. The number of ether oxygens (including phenoxy) is 7. The van der Waals surface area contributed by atoms with Gasteiger partial charge in [-0.25, -0.2) is 34.5 Å². The summed E-state index contributed by atoms with van der Waals surface area (Å²) in [6.07, 6.45) is -3.60. The van der Waals surface area contributed by atoms with Gasteiger partial charge in [0.05, 0.1) is 39.1 Å². The van der Waals surface area contributed by atoms with Crippen molar-refractivity contribution < 1.29 is 66.9 Å². The number of aliphatic hydroxyl groups excluding tert-OH is 3. The van der Waals surface area contributed by atoms with E-state index in [2.05, 4.69) is 71.5 Å². The molecule has 4 aromatic carbocycles. The van der Waals surface area contributed by atoms with Gasteiger partial charge in [-0.2, -0.15) is 5.09 Å². The molecule has 8 aromatic rings. The van der Waals surface area contributed by atoms with Gasteiger partial charge in [0, 0.05) is 7.11 Å². The van der Waals surface area contributed by atoms with E-state index in [1.165, 1.54) is 51.6 Å². The van der Waals surface area contributed by atoms with Crippen LogP contribution >= 0.6 is 7.75 Å². The number of methoxy groups -OCH3 is 3. The Labute approximate surface area is 458 Å². The number of rotatable bonds is 18. The first kappa shape index (κ1) is 55.8. The summed E-state index contributed by atoms with van der Waals surface area (Å²) in [6, 6.07) is 35.6. The lowest BCUT2D eigenvalue weighted by Crippen LogP contribution is -2.41. The first-order valence-corrected chi connectivity index (χ1v) is 26.9. The van der Waals surface area contributed by atoms with Crippen molar-refractivity contribution in [3.05, 3.63) is 157 Å². The summed E-state index contributed by atoms with van der Waals surface area (Å²) >= 11 is 0. The predicted molar refractivity (Wildman–Crippen MR) is 286 cm³/mol. The molecule has 80 heavy (non-hydrogen) atoms. The molecule has 0 aliphatic carbocycles. The number of fused-ring (bicyclic) bond motifs is 3. The number of imidazole rings is 2. The van der Waals surface area contributed by atoms with E-state index in [0.717, 1.165) is 22.4 Å². The predicted octanol–water partition coefficient (Wildman–Crippen LogP) is 5.00. The number of nitrogens with two attached hydrogens (primary N) is 1. The van der Waals surface area contributed by atoms with Crippen molar-refractivity contribution in [3.8, 4) is 11.5 Å². The Balaban J connectivity index is 0.000000184. The molecule has 4 aromatic heterocycles. The van der Waals surface area contributed by atoms with Crippen molar-refractivity contribution in [1.82, 2.24) is 44.1 Å². The number of esters is 1. The molecule has 3 saturated heterocycles. The second-order valence-electron chi connectivity index (χ2n) is 19.0. The number of aromatic nitrogens is 8. The number of anilines is 2. The summed E-state index contributed by atoms with van der Waals surface area (Å²) in [6.45, 7) is 3.72. The second kappa shape index (κ2) is 23.7. The van der Waals surface area contributed by atoms with Gasteiger partial charge in [0.15, 0.2) is 40.9 Å². The molecule has 420 valence electrons. The number of aliphatic hydroxyl groups is 3. The molecule has 3 aliphatic rings. The highest BCUT2D eigenvalue weighted by Crippen LogP contribution is 2.49. The quantitative estimate of drug-likeness (QED) is 0.0374. The van der Waals surface area contributed by atoms with E-state index in [9.17, 15) is 24.7 Å². The SMILES string of the molecule is COC(=O)[C@H](C)NP(=O)(Oc1ccccc1)OC(C)C1O[C@@H](n2cnc3c(N)ncnc32)[C@H](O)[C@@H]1O.COc1ccc(C(Nc2ncnc3c2ncn3[C@@H]2OC(C(C)O)[C@H]3OC(OC)O[C@H]32)(c2ccccc2)c2ccccc2)cc1. The third-order valence-electron chi connectivity index (χ3n) is 13.9. The third-order valence-corrected chi connectivity index (χ3v) is 15.6. The molecular formula is C54H60N11O14P. The van der Waals surface area contributed by atoms with Crippen LogP contribution in [-0.2, 0) is 47.8 Å². The first-order valence-electron chi connectivity index (χ1n) is 25.4. The number of nitrogens with zero attached hydrogens (tertiary/aromatic N) is 8. The van der Waals surface area contributed by atoms with Crippen LogP contribution in [0.15, 0.2) is 141 Å². The minimum atomic E-state index is -4.22. The second-order valence-corrected chi connectivity index (χ2v) is 20.6. The molecule has 3 aliphatic heterocycles. The molecule has 0 bridgehead atoms. The summed E-state index contributed by atoms with van der Waals surface area (Å²) in [5.41, 5.74) is 9.62. The Morgan fingerprint density at radius 1 is 0.675 bits per heavy atom. The molecule has 7 N–H and O–H groups in total. The van der Waals surface area contributed by atoms with E-state index < -0.39 is 93.1 Å². The van der Waals surface area contributed by atoms with Crippen LogP contribution in [0.5, 0.6) is 11.5 Å². The largest absolute Gasteiger partial charge is 0.497 e. The normalized spacial score (nSPS) is 24.5. The summed E-state index contributed by atoms with van der Waals surface area (Å²) in [5.74, 6) is 0.947. The van der Waals surface area contributed by atoms with E-state index in [1.54, 1.807) is 55.3 Å². The fourth-order valence-corrected chi connectivity index (χ4v) is 11.7. The maximum Gasteiger partial charge on any atom is 0.459 e. The maximum absolute atomic E-state index is 13.7. The Bertz CT molecular complexity index is 3380. The monoisotopic (exact) mass is 1120 g/mol. The van der Waals surface area contributed by atoms with Crippen LogP contribution in [0.4, 0.5) is 11.6 Å². The smallest absolute Gasteiger partial charge is 0.459 e. The van der Waals surface area contributed by atoms with Crippen LogP contribution in [0.2, 0.25) is 0 Å². The maximum atomic E-state index is 13.7. The van der Waals surface area contributed by atoms with Gasteiger partial charge in [0.2, 0.25) is 0 Å². The van der Waals surface area contributed by atoms with Gasteiger partial charge in [0.1, 0.15) is 77.9 Å². The third kappa shape index (κ3) is 10.9. The minimum absolute atomic E-state index is 0.143. The molecule has 3 fully saturated rings. The number of nitrogens with one attached hydrogen (secondary N) is 2. The summed E-state index contributed by atoms with van der Waals surface area (Å²) in [7, 11) is 0.124. The molecule has 0 saturated carbocycles. The first-order chi connectivity index (χ1) is 38.7. The Kier molecular flexibility index (Phi) is 16.5. The van der Waals surface area contributed by atoms with Crippen molar-refractivity contribution in [3.63, 3.8) is 0 Å². The molecule has 0 spiro atoms. The lowest BCUT2D eigenvalue weighted by molar-refractivity contribution is -0.259. The topological polar surface area (TPSA) is 315 Å². The van der Waals surface area contributed by atoms with Gasteiger partial charge < -0.3 is 64.1 Å². The highest BCUT2D eigenvalue weighted by molar-refractivity contribution is 7.52. The van der Waals surface area contributed by atoms with Crippen LogP contribution in [-0.4, -0.2) is 143 Å². The van der Waals surface area contributed by atoms with E-state index >= 15 is 0 Å². The van der Waals surface area contributed by atoms with Crippen LogP contribution in [0.1, 0.15) is 49.9 Å². The van der Waals surface area contributed by atoms with Gasteiger partial charge in [-0.15, -0.1) is 0 Å². The van der Waals surface area contributed by atoms with Crippen LogP contribution in [0.3, 0.4) is 0 Å². The van der Waals surface area contributed by atoms with Crippen molar-refractivity contribution >= 4 is 47.7 Å². The zero-order chi connectivity index (χ0) is 56.3.